The second-order valence-electron chi connectivity index (χ2n) is 3.71. The van der Waals surface area contributed by atoms with Crippen molar-refractivity contribution < 1.29 is 9.53 Å². The summed E-state index contributed by atoms with van der Waals surface area (Å²) in [6, 6.07) is 8.22. The molecule has 0 unspecified atom stereocenters. The first kappa shape index (κ1) is 12.4. The lowest BCUT2D eigenvalue weighted by Gasteiger charge is -2.05. The van der Waals surface area contributed by atoms with Gasteiger partial charge in [-0.3, -0.25) is 4.98 Å². The number of anilines is 1. The number of carbonyl (C=O) groups excluding carboxylic acids is 1. The number of nitrogens with two attached hydrogens (primary N) is 1. The van der Waals surface area contributed by atoms with Gasteiger partial charge < -0.3 is 10.5 Å². The molecule has 0 amide bonds. The fourth-order valence-electron chi connectivity index (χ4n) is 1.45. The van der Waals surface area contributed by atoms with E-state index < -0.39 is 5.97 Å². The Kier molecular flexibility index (Phi) is 3.79. The third kappa shape index (κ3) is 3.21. The smallest absolute Gasteiger partial charge is 0.338 e. The van der Waals surface area contributed by atoms with Gasteiger partial charge in [-0.15, -0.1) is 0 Å². The van der Waals surface area contributed by atoms with Crippen LogP contribution < -0.4 is 5.73 Å². The van der Waals surface area contributed by atoms with Crippen molar-refractivity contribution in [2.45, 2.75) is 6.61 Å². The molecule has 92 valence electrons. The molecule has 0 aliphatic heterocycles. The summed E-state index contributed by atoms with van der Waals surface area (Å²) in [5, 5.41) is 0.406. The van der Waals surface area contributed by atoms with Crippen LogP contribution in [0.4, 0.5) is 5.69 Å². The second-order valence-corrected chi connectivity index (χ2v) is 4.15. The highest BCUT2D eigenvalue weighted by atomic mass is 35.5. The van der Waals surface area contributed by atoms with Crippen LogP contribution in [0.5, 0.6) is 0 Å². The number of hydrogen-bond donors (Lipinski definition) is 1. The fraction of sp³-hybridized carbons (Fsp3) is 0.0769. The molecule has 0 bridgehead atoms. The average molecular weight is 263 g/mol. The van der Waals surface area contributed by atoms with E-state index in [-0.39, 0.29) is 6.61 Å². The van der Waals surface area contributed by atoms with E-state index in [1.54, 1.807) is 24.5 Å². The molecule has 5 heteroatoms. The van der Waals surface area contributed by atoms with Crippen LogP contribution in [0, 0.1) is 0 Å². The van der Waals surface area contributed by atoms with Gasteiger partial charge >= 0.3 is 5.97 Å². The van der Waals surface area contributed by atoms with E-state index in [4.69, 9.17) is 22.1 Å². The lowest BCUT2D eigenvalue weighted by molar-refractivity contribution is 0.0472. The zero-order chi connectivity index (χ0) is 13.0. The molecule has 1 aromatic heterocycles. The Balaban J connectivity index is 2.04. The second kappa shape index (κ2) is 5.51. The highest BCUT2D eigenvalue weighted by Crippen LogP contribution is 2.17. The van der Waals surface area contributed by atoms with Gasteiger partial charge in [0.25, 0.3) is 0 Å². The maximum absolute atomic E-state index is 11.8. The Morgan fingerprint density at radius 3 is 2.89 bits per heavy atom. The van der Waals surface area contributed by atoms with E-state index >= 15 is 0 Å². The van der Waals surface area contributed by atoms with E-state index in [9.17, 15) is 4.79 Å². The predicted molar refractivity (Wildman–Crippen MR) is 69.2 cm³/mol. The largest absolute Gasteiger partial charge is 0.457 e. The maximum atomic E-state index is 11.8. The van der Waals surface area contributed by atoms with Crippen molar-refractivity contribution >= 4 is 23.3 Å². The van der Waals surface area contributed by atoms with Gasteiger partial charge in [-0.05, 0) is 24.3 Å². The van der Waals surface area contributed by atoms with Crippen molar-refractivity contribution in [1.29, 1.82) is 0 Å². The fourth-order valence-corrected chi connectivity index (χ4v) is 1.69. The number of nitrogens with zero attached hydrogens (tertiary/aromatic N) is 1. The third-order valence-electron chi connectivity index (χ3n) is 2.25. The van der Waals surface area contributed by atoms with E-state index in [2.05, 4.69) is 4.98 Å². The molecule has 4 nitrogen and oxygen atoms in total. The molecule has 0 fully saturated rings. The molecule has 0 atom stereocenters. The minimum Gasteiger partial charge on any atom is -0.457 e. The van der Waals surface area contributed by atoms with Crippen LogP contribution in [0.2, 0.25) is 5.02 Å². The first-order valence-corrected chi connectivity index (χ1v) is 5.65. The number of halogens is 1. The Labute approximate surface area is 109 Å². The van der Waals surface area contributed by atoms with Crippen molar-refractivity contribution in [3.8, 4) is 0 Å². The van der Waals surface area contributed by atoms with Gasteiger partial charge in [-0.1, -0.05) is 17.7 Å². The summed E-state index contributed by atoms with van der Waals surface area (Å²) in [6.07, 6.45) is 3.29. The molecule has 2 aromatic rings. The number of nitrogen functional groups attached to an aromatic ring is 1. The van der Waals surface area contributed by atoms with Crippen LogP contribution in [0.3, 0.4) is 0 Å². The molecule has 2 N–H and O–H groups in total. The number of hydrogen-bond acceptors (Lipinski definition) is 4. The van der Waals surface area contributed by atoms with Crippen molar-refractivity contribution in [3.63, 3.8) is 0 Å². The van der Waals surface area contributed by atoms with Gasteiger partial charge in [0.2, 0.25) is 0 Å². The number of esters is 1. The topological polar surface area (TPSA) is 65.2 Å². The third-order valence-corrected chi connectivity index (χ3v) is 2.47. The SMILES string of the molecule is Nc1cc(Cl)cc(C(=O)OCc2cccnc2)c1. The van der Waals surface area contributed by atoms with Gasteiger partial charge in [0.05, 0.1) is 5.56 Å². The average Bonchev–Trinajstić information content (AvgIpc) is 2.36. The summed E-state index contributed by atoms with van der Waals surface area (Å²) in [5.74, 6) is -0.465. The van der Waals surface area contributed by atoms with Crippen molar-refractivity contribution in [1.82, 2.24) is 4.98 Å². The number of benzene rings is 1. The van der Waals surface area contributed by atoms with Gasteiger partial charge in [0.15, 0.2) is 0 Å². The standard InChI is InChI=1S/C13H11ClN2O2/c14-11-4-10(5-12(15)6-11)13(17)18-8-9-2-1-3-16-7-9/h1-7H,8,15H2. The Hall–Kier alpha value is -2.07. The van der Waals surface area contributed by atoms with Crippen LogP contribution in [0.1, 0.15) is 15.9 Å². The van der Waals surface area contributed by atoms with Gasteiger partial charge in [0, 0.05) is 28.7 Å². The number of ether oxygens (including phenoxy) is 1. The van der Waals surface area contributed by atoms with Crippen LogP contribution >= 0.6 is 11.6 Å². The minimum atomic E-state index is -0.465. The molecule has 0 saturated carbocycles. The number of aromatic nitrogens is 1. The summed E-state index contributed by atoms with van der Waals surface area (Å²) >= 11 is 5.81. The van der Waals surface area contributed by atoms with Gasteiger partial charge in [-0.2, -0.15) is 0 Å². The van der Waals surface area contributed by atoms with Gasteiger partial charge in [0.1, 0.15) is 6.61 Å². The van der Waals surface area contributed by atoms with Crippen LogP contribution in [0.15, 0.2) is 42.7 Å². The zero-order valence-corrected chi connectivity index (χ0v) is 10.2. The lowest BCUT2D eigenvalue weighted by atomic mass is 10.2. The zero-order valence-electron chi connectivity index (χ0n) is 9.47. The Bertz CT molecular complexity index is 538. The highest BCUT2D eigenvalue weighted by molar-refractivity contribution is 6.31. The summed E-state index contributed by atoms with van der Waals surface area (Å²) < 4.78 is 5.13. The normalized spacial score (nSPS) is 10.1. The Morgan fingerprint density at radius 2 is 2.22 bits per heavy atom. The molecule has 0 saturated heterocycles. The summed E-state index contributed by atoms with van der Waals surface area (Å²) in [7, 11) is 0. The summed E-state index contributed by atoms with van der Waals surface area (Å²) in [4.78, 5) is 15.7. The molecular formula is C13H11ClN2O2. The van der Waals surface area contributed by atoms with E-state index in [1.165, 1.54) is 12.1 Å². The summed E-state index contributed by atoms with van der Waals surface area (Å²) in [5.41, 5.74) is 7.19. The summed E-state index contributed by atoms with van der Waals surface area (Å²) in [6.45, 7) is 0.166. The quantitative estimate of drug-likeness (QED) is 0.682. The first-order valence-electron chi connectivity index (χ1n) is 5.27. The molecule has 0 radical (unpaired) electrons. The van der Waals surface area contributed by atoms with Crippen molar-refractivity contribution in [3.05, 3.63) is 58.9 Å². The number of rotatable bonds is 3. The van der Waals surface area contributed by atoms with Gasteiger partial charge in [-0.25, -0.2) is 4.79 Å². The van der Waals surface area contributed by atoms with Crippen LogP contribution in [-0.2, 0) is 11.3 Å². The molecule has 0 spiro atoms. The molecule has 18 heavy (non-hydrogen) atoms. The van der Waals surface area contributed by atoms with Crippen molar-refractivity contribution in [2.75, 3.05) is 5.73 Å². The molecule has 0 aliphatic carbocycles. The van der Waals surface area contributed by atoms with Crippen molar-refractivity contribution in [2.24, 2.45) is 0 Å². The van der Waals surface area contributed by atoms with Crippen LogP contribution in [-0.4, -0.2) is 11.0 Å². The Morgan fingerprint density at radius 1 is 1.39 bits per heavy atom. The molecule has 1 heterocycles. The van der Waals surface area contributed by atoms with E-state index in [0.29, 0.717) is 16.3 Å². The molecule has 0 aliphatic rings. The van der Waals surface area contributed by atoms with E-state index in [0.717, 1.165) is 5.56 Å². The van der Waals surface area contributed by atoms with E-state index in [1.807, 2.05) is 6.07 Å². The molecule has 2 rings (SSSR count). The molecular weight excluding hydrogens is 252 g/mol. The maximum Gasteiger partial charge on any atom is 0.338 e. The van der Waals surface area contributed by atoms with Crippen LogP contribution in [0.25, 0.3) is 0 Å². The minimum absolute atomic E-state index is 0.166. The number of pyridine rings is 1. The molecule has 1 aromatic carbocycles. The monoisotopic (exact) mass is 262 g/mol. The lowest BCUT2D eigenvalue weighted by Crippen LogP contribution is -2.06. The number of carbonyl (C=O) groups is 1. The highest BCUT2D eigenvalue weighted by Gasteiger charge is 2.09. The first-order chi connectivity index (χ1) is 8.65. The predicted octanol–water partition coefficient (Wildman–Crippen LogP) is 2.67.